The molecule has 1 aromatic heterocycles. The highest BCUT2D eigenvalue weighted by atomic mass is 79.9. The smallest absolute Gasteiger partial charge is 0.0986 e. The molecule has 1 aromatic rings. The van der Waals surface area contributed by atoms with E-state index in [1.54, 1.807) is 18.4 Å². The molecule has 3 atom stereocenters. The molecule has 0 radical (unpaired) electrons. The van der Waals surface area contributed by atoms with Crippen molar-refractivity contribution in [2.24, 2.45) is 0 Å². The number of nitrogens with one attached hydrogen (secondary N) is 1. The molecule has 96 valence electrons. The number of hydrogen-bond donors (Lipinski definition) is 1. The first kappa shape index (κ1) is 13.5. The van der Waals surface area contributed by atoms with Gasteiger partial charge in [-0.3, -0.25) is 0 Å². The summed E-state index contributed by atoms with van der Waals surface area (Å²) in [5.41, 5.74) is 0. The van der Waals surface area contributed by atoms with Crippen LogP contribution in [0.5, 0.6) is 0 Å². The molecule has 2 rings (SSSR count). The number of halogens is 1. The van der Waals surface area contributed by atoms with Crippen LogP contribution in [0.1, 0.15) is 18.2 Å². The lowest BCUT2D eigenvalue weighted by atomic mass is 9.85. The Balaban J connectivity index is 1.77. The first-order valence-electron chi connectivity index (χ1n) is 5.86. The van der Waals surface area contributed by atoms with Gasteiger partial charge in [-0.15, -0.1) is 11.3 Å². The van der Waals surface area contributed by atoms with Crippen molar-refractivity contribution in [1.29, 1.82) is 0 Å². The summed E-state index contributed by atoms with van der Waals surface area (Å²) in [6, 6.07) is 4.64. The van der Waals surface area contributed by atoms with E-state index in [0.717, 1.165) is 19.6 Å². The summed E-state index contributed by atoms with van der Waals surface area (Å²) in [7, 11) is 1.76. The van der Waals surface area contributed by atoms with Crippen molar-refractivity contribution in [2.45, 2.75) is 38.1 Å². The summed E-state index contributed by atoms with van der Waals surface area (Å²) in [5, 5.41) is 3.52. The van der Waals surface area contributed by atoms with E-state index in [1.807, 2.05) is 6.92 Å². The normalized spacial score (nSPS) is 28.1. The van der Waals surface area contributed by atoms with Crippen LogP contribution in [-0.2, 0) is 16.0 Å². The molecule has 1 heterocycles. The Morgan fingerprint density at radius 3 is 2.94 bits per heavy atom. The standard InChI is InChI=1S/C12H18BrNO2S/c1-3-16-10-6-9(12(10)15-2)14-7-8-4-5-11(13)17-8/h4-5,9-10,12,14H,3,6-7H2,1-2H3. The summed E-state index contributed by atoms with van der Waals surface area (Å²) < 4.78 is 12.2. The number of ether oxygens (including phenoxy) is 2. The van der Waals surface area contributed by atoms with E-state index >= 15 is 0 Å². The summed E-state index contributed by atoms with van der Waals surface area (Å²) in [6.45, 7) is 3.69. The van der Waals surface area contributed by atoms with Crippen molar-refractivity contribution in [1.82, 2.24) is 5.32 Å². The largest absolute Gasteiger partial charge is 0.377 e. The monoisotopic (exact) mass is 319 g/mol. The van der Waals surface area contributed by atoms with E-state index in [9.17, 15) is 0 Å². The van der Waals surface area contributed by atoms with Crippen molar-refractivity contribution in [3.05, 3.63) is 20.8 Å². The molecule has 0 saturated heterocycles. The Bertz CT molecular complexity index is 358. The first-order valence-corrected chi connectivity index (χ1v) is 7.47. The Labute approximate surface area is 115 Å². The Kier molecular flexibility index (Phi) is 4.99. The Morgan fingerprint density at radius 1 is 1.53 bits per heavy atom. The summed E-state index contributed by atoms with van der Waals surface area (Å²) in [5.74, 6) is 0. The minimum atomic E-state index is 0.193. The van der Waals surface area contributed by atoms with Gasteiger partial charge in [0.15, 0.2) is 0 Å². The number of hydrogen-bond acceptors (Lipinski definition) is 4. The van der Waals surface area contributed by atoms with Crippen LogP contribution >= 0.6 is 27.3 Å². The van der Waals surface area contributed by atoms with Gasteiger partial charge in [-0.25, -0.2) is 0 Å². The van der Waals surface area contributed by atoms with E-state index in [2.05, 4.69) is 33.4 Å². The number of thiophene rings is 1. The highest BCUT2D eigenvalue weighted by Crippen LogP contribution is 2.28. The van der Waals surface area contributed by atoms with Gasteiger partial charge < -0.3 is 14.8 Å². The molecule has 1 N–H and O–H groups in total. The molecule has 0 amide bonds. The molecule has 1 aliphatic carbocycles. The number of rotatable bonds is 6. The maximum Gasteiger partial charge on any atom is 0.0986 e. The molecule has 0 spiro atoms. The second-order valence-electron chi connectivity index (χ2n) is 4.12. The Morgan fingerprint density at radius 2 is 2.35 bits per heavy atom. The predicted octanol–water partition coefficient (Wildman–Crippen LogP) is 2.79. The Hall–Kier alpha value is 0.0600. The lowest BCUT2D eigenvalue weighted by molar-refractivity contribution is -0.131. The van der Waals surface area contributed by atoms with Crippen LogP contribution in [0.25, 0.3) is 0 Å². The van der Waals surface area contributed by atoms with Crippen molar-refractivity contribution in [2.75, 3.05) is 13.7 Å². The molecule has 1 aliphatic rings. The third-order valence-corrected chi connectivity index (χ3v) is 4.69. The van der Waals surface area contributed by atoms with Gasteiger partial charge >= 0.3 is 0 Å². The maximum atomic E-state index is 5.60. The van der Waals surface area contributed by atoms with Gasteiger partial charge in [-0.1, -0.05) is 0 Å². The fourth-order valence-corrected chi connectivity index (χ4v) is 3.59. The van der Waals surface area contributed by atoms with Crippen LogP contribution in [0.3, 0.4) is 0 Å². The highest BCUT2D eigenvalue weighted by Gasteiger charge is 2.41. The molecule has 3 unspecified atom stereocenters. The third-order valence-electron chi connectivity index (χ3n) is 3.07. The van der Waals surface area contributed by atoms with E-state index in [1.165, 1.54) is 8.66 Å². The molecule has 3 nitrogen and oxygen atoms in total. The van der Waals surface area contributed by atoms with Gasteiger partial charge in [0.2, 0.25) is 0 Å². The average Bonchev–Trinajstić information content (AvgIpc) is 2.69. The van der Waals surface area contributed by atoms with E-state index in [0.29, 0.717) is 6.04 Å². The van der Waals surface area contributed by atoms with Gasteiger partial charge in [0.25, 0.3) is 0 Å². The van der Waals surface area contributed by atoms with E-state index in [4.69, 9.17) is 9.47 Å². The van der Waals surface area contributed by atoms with Crippen molar-refractivity contribution in [3.8, 4) is 0 Å². The summed E-state index contributed by atoms with van der Waals surface area (Å²) in [6.07, 6.45) is 1.50. The van der Waals surface area contributed by atoms with Gasteiger partial charge in [0.1, 0.15) is 0 Å². The topological polar surface area (TPSA) is 30.5 Å². The van der Waals surface area contributed by atoms with E-state index in [-0.39, 0.29) is 12.2 Å². The van der Waals surface area contributed by atoms with Crippen LogP contribution in [0, 0.1) is 0 Å². The van der Waals surface area contributed by atoms with Gasteiger partial charge in [-0.05, 0) is 41.4 Å². The third kappa shape index (κ3) is 3.29. The van der Waals surface area contributed by atoms with Gasteiger partial charge in [0.05, 0.1) is 16.0 Å². The zero-order valence-corrected chi connectivity index (χ0v) is 12.5. The second kappa shape index (κ2) is 6.29. The maximum absolute atomic E-state index is 5.60. The molecular formula is C12H18BrNO2S. The first-order chi connectivity index (χ1) is 8.24. The molecule has 0 bridgehead atoms. The van der Waals surface area contributed by atoms with Crippen LogP contribution in [0.15, 0.2) is 15.9 Å². The second-order valence-corrected chi connectivity index (χ2v) is 6.67. The lowest BCUT2D eigenvalue weighted by Crippen LogP contribution is -2.59. The summed E-state index contributed by atoms with van der Waals surface area (Å²) >= 11 is 5.24. The SMILES string of the molecule is CCOC1CC(NCc2ccc(Br)s2)C1OC. The van der Waals surface area contributed by atoms with Crippen molar-refractivity contribution in [3.63, 3.8) is 0 Å². The minimum Gasteiger partial charge on any atom is -0.377 e. The average molecular weight is 320 g/mol. The van der Waals surface area contributed by atoms with Crippen LogP contribution < -0.4 is 5.32 Å². The quantitative estimate of drug-likeness (QED) is 0.874. The summed E-state index contributed by atoms with van der Waals surface area (Å²) in [4.78, 5) is 1.34. The molecule has 0 aliphatic heterocycles. The fourth-order valence-electron chi connectivity index (χ4n) is 2.15. The van der Waals surface area contributed by atoms with E-state index < -0.39 is 0 Å². The van der Waals surface area contributed by atoms with Crippen LogP contribution in [0.4, 0.5) is 0 Å². The predicted molar refractivity (Wildman–Crippen MR) is 73.5 cm³/mol. The van der Waals surface area contributed by atoms with Crippen LogP contribution in [0.2, 0.25) is 0 Å². The lowest BCUT2D eigenvalue weighted by Gasteiger charge is -2.43. The molecule has 17 heavy (non-hydrogen) atoms. The molecular weight excluding hydrogens is 302 g/mol. The highest BCUT2D eigenvalue weighted by molar-refractivity contribution is 9.11. The van der Waals surface area contributed by atoms with Crippen molar-refractivity contribution >= 4 is 27.3 Å². The van der Waals surface area contributed by atoms with Crippen LogP contribution in [-0.4, -0.2) is 32.0 Å². The fraction of sp³-hybridized carbons (Fsp3) is 0.667. The minimum absolute atomic E-state index is 0.193. The van der Waals surface area contributed by atoms with Gasteiger partial charge in [0, 0.05) is 31.2 Å². The molecule has 1 saturated carbocycles. The number of methoxy groups -OCH3 is 1. The molecule has 1 fully saturated rings. The van der Waals surface area contributed by atoms with Gasteiger partial charge in [-0.2, -0.15) is 0 Å². The van der Waals surface area contributed by atoms with Crippen molar-refractivity contribution < 1.29 is 9.47 Å². The molecule has 0 aromatic carbocycles. The zero-order valence-electron chi connectivity index (χ0n) is 10.1. The zero-order chi connectivity index (χ0) is 12.3. The molecule has 5 heteroatoms.